The van der Waals surface area contributed by atoms with E-state index >= 15 is 0 Å². The summed E-state index contributed by atoms with van der Waals surface area (Å²) in [5, 5.41) is 20.7. The largest absolute Gasteiger partial charge is 0.508 e. The van der Waals surface area contributed by atoms with Crippen LogP contribution in [-0.2, 0) is 9.59 Å². The van der Waals surface area contributed by atoms with Crippen LogP contribution in [0, 0.1) is 0 Å². The third kappa shape index (κ3) is 4.78. The van der Waals surface area contributed by atoms with Crippen LogP contribution in [0.3, 0.4) is 0 Å². The van der Waals surface area contributed by atoms with Gasteiger partial charge in [0.2, 0.25) is 0 Å². The van der Waals surface area contributed by atoms with Crippen LogP contribution in [0.5, 0.6) is 11.5 Å². The van der Waals surface area contributed by atoms with E-state index in [9.17, 15) is 19.8 Å². The minimum atomic E-state index is -0.739. The molecule has 2 aromatic carbocycles. The molecule has 162 valence electrons. The Morgan fingerprint density at radius 3 is 2.35 bits per heavy atom. The van der Waals surface area contributed by atoms with Crippen LogP contribution >= 0.6 is 0 Å². The van der Waals surface area contributed by atoms with E-state index in [2.05, 4.69) is 6.58 Å². The SMILES string of the molecule is C=CCOc1ccc(C(O)=C2C(=O)C(=O)N(CC[NH+](C)C)[C@H]2c2ccc(O)cc2)cc1. The van der Waals surface area contributed by atoms with Crippen LogP contribution < -0.4 is 9.64 Å². The lowest BCUT2D eigenvalue weighted by Crippen LogP contribution is -3.06. The third-order valence-electron chi connectivity index (χ3n) is 5.10. The summed E-state index contributed by atoms with van der Waals surface area (Å²) in [4.78, 5) is 28.4. The molecule has 1 saturated heterocycles. The molecule has 1 amide bonds. The molecule has 0 saturated carbocycles. The summed E-state index contributed by atoms with van der Waals surface area (Å²) in [7, 11) is 3.92. The predicted molar refractivity (Wildman–Crippen MR) is 117 cm³/mol. The number of nitrogens with one attached hydrogen (secondary N) is 1. The Bertz CT molecular complexity index is 994. The fourth-order valence-corrected chi connectivity index (χ4v) is 3.48. The van der Waals surface area contributed by atoms with E-state index in [4.69, 9.17) is 4.74 Å². The number of nitrogens with zero attached hydrogens (tertiary/aromatic N) is 1. The average Bonchev–Trinajstić information content (AvgIpc) is 3.01. The molecule has 1 heterocycles. The summed E-state index contributed by atoms with van der Waals surface area (Å²) < 4.78 is 5.46. The van der Waals surface area contributed by atoms with Crippen LogP contribution in [-0.4, -0.2) is 60.6 Å². The first-order valence-electron chi connectivity index (χ1n) is 10.0. The molecule has 1 aliphatic rings. The lowest BCUT2D eigenvalue weighted by molar-refractivity contribution is -0.857. The first-order valence-corrected chi connectivity index (χ1v) is 10.0. The van der Waals surface area contributed by atoms with Crippen molar-refractivity contribution in [3.63, 3.8) is 0 Å². The minimum absolute atomic E-state index is 0.0317. The summed E-state index contributed by atoms with van der Waals surface area (Å²) in [6.07, 6.45) is 1.63. The van der Waals surface area contributed by atoms with Crippen molar-refractivity contribution >= 4 is 17.4 Å². The number of quaternary nitrogens is 1. The van der Waals surface area contributed by atoms with Crippen LogP contribution in [0.4, 0.5) is 0 Å². The minimum Gasteiger partial charge on any atom is -0.508 e. The molecule has 3 N–H and O–H groups in total. The van der Waals surface area contributed by atoms with Gasteiger partial charge in [-0.2, -0.15) is 0 Å². The maximum atomic E-state index is 12.9. The molecule has 1 atom stereocenters. The van der Waals surface area contributed by atoms with Gasteiger partial charge >= 0.3 is 0 Å². The van der Waals surface area contributed by atoms with E-state index in [1.807, 2.05) is 14.1 Å². The zero-order valence-electron chi connectivity index (χ0n) is 17.7. The van der Waals surface area contributed by atoms with Crippen molar-refractivity contribution in [3.8, 4) is 11.5 Å². The Balaban J connectivity index is 2.05. The Hall–Kier alpha value is -3.58. The highest BCUT2D eigenvalue weighted by molar-refractivity contribution is 6.46. The number of aliphatic hydroxyl groups excluding tert-OH is 1. The number of rotatable bonds is 8. The molecule has 31 heavy (non-hydrogen) atoms. The molecule has 7 nitrogen and oxygen atoms in total. The second-order valence-electron chi connectivity index (χ2n) is 7.67. The molecule has 0 bridgehead atoms. The number of amides is 1. The highest BCUT2D eigenvalue weighted by Gasteiger charge is 2.46. The van der Waals surface area contributed by atoms with E-state index in [1.54, 1.807) is 42.5 Å². The van der Waals surface area contributed by atoms with Crippen LogP contribution in [0.15, 0.2) is 66.8 Å². The molecule has 0 unspecified atom stereocenters. The van der Waals surface area contributed by atoms with Crippen molar-refractivity contribution < 1.29 is 29.4 Å². The number of aliphatic hydroxyl groups is 1. The van der Waals surface area contributed by atoms with Crippen molar-refractivity contribution in [2.24, 2.45) is 0 Å². The van der Waals surface area contributed by atoms with Crippen LogP contribution in [0.25, 0.3) is 5.76 Å². The number of hydrogen-bond donors (Lipinski definition) is 3. The standard InChI is InChI=1S/C24H26N2O5/c1-4-15-31-19-11-7-17(8-12-19)22(28)20-21(16-5-9-18(27)10-6-16)26(14-13-25(2)3)24(30)23(20)29/h4-12,21,27-28H,1,13-15H2,2-3H3/p+1/t21-/m0/s1. The van der Waals surface area contributed by atoms with E-state index in [0.717, 1.165) is 4.90 Å². The highest BCUT2D eigenvalue weighted by Crippen LogP contribution is 2.39. The number of ketones is 1. The first kappa shape index (κ1) is 22.1. The van der Waals surface area contributed by atoms with E-state index < -0.39 is 17.7 Å². The number of phenols is 1. The number of carbonyl (C=O) groups excluding carboxylic acids is 2. The Kier molecular flexibility index (Phi) is 6.77. The number of ether oxygens (including phenoxy) is 1. The summed E-state index contributed by atoms with van der Waals surface area (Å²) in [5.74, 6) is -0.941. The zero-order valence-corrected chi connectivity index (χ0v) is 17.7. The van der Waals surface area contributed by atoms with Crippen molar-refractivity contribution in [2.75, 3.05) is 33.8 Å². The van der Waals surface area contributed by atoms with Gasteiger partial charge in [0.15, 0.2) is 0 Å². The fourth-order valence-electron chi connectivity index (χ4n) is 3.48. The van der Waals surface area contributed by atoms with Gasteiger partial charge < -0.3 is 24.7 Å². The van der Waals surface area contributed by atoms with Crippen molar-refractivity contribution in [2.45, 2.75) is 6.04 Å². The summed E-state index contributed by atoms with van der Waals surface area (Å²) in [5.41, 5.74) is 1.08. The predicted octanol–water partition coefficient (Wildman–Crippen LogP) is 1.52. The zero-order chi connectivity index (χ0) is 22.5. The van der Waals surface area contributed by atoms with Crippen molar-refractivity contribution in [1.29, 1.82) is 0 Å². The fraction of sp³-hybridized carbons (Fsp3) is 0.250. The number of hydrogen-bond acceptors (Lipinski definition) is 5. The van der Waals surface area contributed by atoms with Gasteiger partial charge in [0.05, 0.1) is 38.8 Å². The summed E-state index contributed by atoms with van der Waals surface area (Å²) in [6, 6.07) is 12.2. The molecule has 0 radical (unpaired) electrons. The van der Waals surface area contributed by atoms with E-state index in [1.165, 1.54) is 17.0 Å². The first-order chi connectivity index (χ1) is 14.8. The molecule has 1 fully saturated rings. The molecule has 2 aromatic rings. The number of aromatic hydroxyl groups is 1. The number of phenolic OH excluding ortho intramolecular Hbond substituents is 1. The number of benzene rings is 2. The van der Waals surface area contributed by atoms with E-state index in [0.29, 0.717) is 36.6 Å². The lowest BCUT2D eigenvalue weighted by Gasteiger charge is -2.25. The molecule has 7 heteroatoms. The monoisotopic (exact) mass is 423 g/mol. The quantitative estimate of drug-likeness (QED) is 0.259. The molecule has 0 aliphatic carbocycles. The van der Waals surface area contributed by atoms with Crippen LogP contribution in [0.1, 0.15) is 17.2 Å². The summed E-state index contributed by atoms with van der Waals surface area (Å²) >= 11 is 0. The second-order valence-corrected chi connectivity index (χ2v) is 7.67. The Morgan fingerprint density at radius 1 is 1.13 bits per heavy atom. The second kappa shape index (κ2) is 9.49. The normalized spacial score (nSPS) is 17.9. The van der Waals surface area contributed by atoms with Gasteiger partial charge in [-0.05, 0) is 42.0 Å². The van der Waals surface area contributed by atoms with E-state index in [-0.39, 0.29) is 17.1 Å². The van der Waals surface area contributed by atoms with Gasteiger partial charge in [-0.1, -0.05) is 24.8 Å². The number of Topliss-reactive ketones (excluding diaryl/α,β-unsaturated/α-hetero) is 1. The molecule has 3 rings (SSSR count). The van der Waals surface area contributed by atoms with Gasteiger partial charge in [0.1, 0.15) is 23.9 Å². The van der Waals surface area contributed by atoms with Crippen LogP contribution in [0.2, 0.25) is 0 Å². The third-order valence-corrected chi connectivity index (χ3v) is 5.10. The summed E-state index contributed by atoms with van der Waals surface area (Å²) in [6.45, 7) is 4.94. The highest BCUT2D eigenvalue weighted by atomic mass is 16.5. The molecular formula is C24H27N2O5+. The average molecular weight is 423 g/mol. The van der Waals surface area contributed by atoms with Gasteiger partial charge in [-0.3, -0.25) is 9.59 Å². The molecular weight excluding hydrogens is 396 g/mol. The number of carbonyl (C=O) groups is 2. The maximum absolute atomic E-state index is 12.9. The maximum Gasteiger partial charge on any atom is 0.295 e. The van der Waals surface area contributed by atoms with Crippen molar-refractivity contribution in [1.82, 2.24) is 4.90 Å². The van der Waals surface area contributed by atoms with Gasteiger partial charge in [0, 0.05) is 5.56 Å². The number of likely N-dealkylation sites (tertiary alicyclic amines) is 1. The molecule has 0 aromatic heterocycles. The Morgan fingerprint density at radius 2 is 1.77 bits per heavy atom. The molecule has 1 aliphatic heterocycles. The van der Waals surface area contributed by atoms with Gasteiger partial charge in [-0.15, -0.1) is 0 Å². The Labute approximate surface area is 181 Å². The smallest absolute Gasteiger partial charge is 0.295 e. The molecule has 0 spiro atoms. The van der Waals surface area contributed by atoms with Gasteiger partial charge in [-0.25, -0.2) is 0 Å². The topological polar surface area (TPSA) is 91.5 Å². The van der Waals surface area contributed by atoms with Gasteiger partial charge in [0.25, 0.3) is 11.7 Å². The van der Waals surface area contributed by atoms with Crippen molar-refractivity contribution in [3.05, 3.63) is 77.9 Å². The number of likely N-dealkylation sites (N-methyl/N-ethyl adjacent to an activating group) is 1. The lowest BCUT2D eigenvalue weighted by atomic mass is 9.95.